The molecule has 2 aromatic heterocycles. The molecule has 0 fully saturated rings. The molecule has 1 amide bonds. The maximum Gasteiger partial charge on any atom is 0.332 e. The molecule has 4 rings (SSSR count). The Bertz CT molecular complexity index is 1360. The molecule has 0 aliphatic heterocycles. The number of aromatic nitrogens is 2. The number of amides is 1. The van der Waals surface area contributed by atoms with Crippen LogP contribution >= 0.6 is 11.3 Å². The third kappa shape index (κ3) is 3.92. The zero-order chi connectivity index (χ0) is 21.3. The molecule has 2 aromatic carbocycles. The van der Waals surface area contributed by atoms with Crippen molar-refractivity contribution in [2.75, 3.05) is 5.32 Å². The van der Waals surface area contributed by atoms with Crippen LogP contribution in [0.3, 0.4) is 0 Å². The fourth-order valence-corrected chi connectivity index (χ4v) is 3.96. The van der Waals surface area contributed by atoms with E-state index in [1.807, 2.05) is 0 Å². The van der Waals surface area contributed by atoms with Gasteiger partial charge in [0, 0.05) is 5.69 Å². The number of nitrogens with one attached hydrogen (secondary N) is 1. The minimum atomic E-state index is -0.676. The van der Waals surface area contributed by atoms with Gasteiger partial charge in [-0.1, -0.05) is 12.1 Å². The molecule has 0 spiro atoms. The van der Waals surface area contributed by atoms with Crippen molar-refractivity contribution in [3.63, 3.8) is 0 Å². The quantitative estimate of drug-likeness (QED) is 0.532. The summed E-state index contributed by atoms with van der Waals surface area (Å²) < 4.78 is 29.1. The Kier molecular flexibility index (Phi) is 5.28. The molecule has 0 saturated carbocycles. The Morgan fingerprint density at radius 1 is 0.967 bits per heavy atom. The van der Waals surface area contributed by atoms with Crippen molar-refractivity contribution >= 4 is 33.1 Å². The summed E-state index contributed by atoms with van der Waals surface area (Å²) in [4.78, 5) is 38.2. The van der Waals surface area contributed by atoms with Gasteiger partial charge in [0.25, 0.3) is 5.56 Å². The second kappa shape index (κ2) is 8.03. The SMILES string of the molecule is O=C(Cn1c(=O)c2sccc2n(Cc2cccc(F)c2)c1=O)Nc1ccc(F)cc1. The molecular formula is C21H15F2N3O3S. The molecule has 9 heteroatoms. The van der Waals surface area contributed by atoms with E-state index in [1.165, 1.54) is 47.0 Å². The van der Waals surface area contributed by atoms with E-state index >= 15 is 0 Å². The van der Waals surface area contributed by atoms with Crippen LogP contribution in [-0.4, -0.2) is 15.0 Å². The highest BCUT2D eigenvalue weighted by Crippen LogP contribution is 2.17. The number of carbonyl (C=O) groups is 1. The van der Waals surface area contributed by atoms with E-state index in [2.05, 4.69) is 5.32 Å². The van der Waals surface area contributed by atoms with Gasteiger partial charge in [-0.05, 0) is 53.4 Å². The van der Waals surface area contributed by atoms with Gasteiger partial charge in [-0.25, -0.2) is 18.1 Å². The first-order chi connectivity index (χ1) is 14.4. The standard InChI is InChI=1S/C21H15F2N3O3S/c22-14-4-6-16(7-5-14)24-18(27)12-26-20(28)19-17(8-9-30-19)25(21(26)29)11-13-2-1-3-15(23)10-13/h1-10H,11-12H2,(H,24,27). The molecule has 0 saturated heterocycles. The second-order valence-electron chi connectivity index (χ2n) is 6.58. The van der Waals surface area contributed by atoms with Gasteiger partial charge in [0.1, 0.15) is 22.9 Å². The normalized spacial score (nSPS) is 11.0. The van der Waals surface area contributed by atoms with Gasteiger partial charge in [-0.2, -0.15) is 0 Å². The molecule has 0 radical (unpaired) electrons. The van der Waals surface area contributed by atoms with E-state index in [4.69, 9.17) is 0 Å². The third-order valence-corrected chi connectivity index (χ3v) is 5.39. The molecule has 4 aromatic rings. The van der Waals surface area contributed by atoms with Crippen LogP contribution in [0.2, 0.25) is 0 Å². The van der Waals surface area contributed by atoms with Gasteiger partial charge < -0.3 is 5.32 Å². The number of nitrogens with zero attached hydrogens (tertiary/aromatic N) is 2. The average molecular weight is 427 g/mol. The van der Waals surface area contributed by atoms with Crippen molar-refractivity contribution in [1.29, 1.82) is 0 Å². The number of carbonyl (C=O) groups excluding carboxylic acids is 1. The van der Waals surface area contributed by atoms with Crippen LogP contribution in [0.5, 0.6) is 0 Å². The first kappa shape index (κ1) is 19.7. The molecule has 30 heavy (non-hydrogen) atoms. The summed E-state index contributed by atoms with van der Waals surface area (Å²) in [6.07, 6.45) is 0. The molecule has 0 aliphatic rings. The van der Waals surface area contributed by atoms with Crippen molar-refractivity contribution in [3.05, 3.63) is 98.0 Å². The molecule has 0 atom stereocenters. The number of hydrogen-bond acceptors (Lipinski definition) is 4. The lowest BCUT2D eigenvalue weighted by Gasteiger charge is -2.12. The summed E-state index contributed by atoms with van der Waals surface area (Å²) in [6.45, 7) is -0.463. The molecule has 0 aliphatic carbocycles. The molecule has 1 N–H and O–H groups in total. The monoisotopic (exact) mass is 427 g/mol. The molecular weight excluding hydrogens is 412 g/mol. The van der Waals surface area contributed by atoms with Crippen molar-refractivity contribution in [2.24, 2.45) is 0 Å². The predicted molar refractivity (Wildman–Crippen MR) is 111 cm³/mol. The fraction of sp³-hybridized carbons (Fsp3) is 0.0952. The van der Waals surface area contributed by atoms with E-state index in [1.54, 1.807) is 17.5 Å². The van der Waals surface area contributed by atoms with Crippen molar-refractivity contribution in [3.8, 4) is 0 Å². The zero-order valence-corrected chi connectivity index (χ0v) is 16.3. The van der Waals surface area contributed by atoms with Gasteiger partial charge in [0.15, 0.2) is 0 Å². The van der Waals surface area contributed by atoms with E-state index in [9.17, 15) is 23.2 Å². The average Bonchev–Trinajstić information content (AvgIpc) is 3.20. The molecule has 152 valence electrons. The Labute approximate surface area is 172 Å². The van der Waals surface area contributed by atoms with Crippen LogP contribution < -0.4 is 16.6 Å². The fourth-order valence-electron chi connectivity index (χ4n) is 3.12. The number of anilines is 1. The number of fused-ring (bicyclic) bond motifs is 1. The topological polar surface area (TPSA) is 73.1 Å². The predicted octanol–water partition coefficient (Wildman–Crippen LogP) is 3.19. The third-order valence-electron chi connectivity index (χ3n) is 4.50. The van der Waals surface area contributed by atoms with Crippen LogP contribution in [0.25, 0.3) is 10.2 Å². The second-order valence-corrected chi connectivity index (χ2v) is 7.50. The highest BCUT2D eigenvalue weighted by molar-refractivity contribution is 7.17. The largest absolute Gasteiger partial charge is 0.332 e. The Hall–Kier alpha value is -3.59. The van der Waals surface area contributed by atoms with Crippen LogP contribution in [0.15, 0.2) is 69.6 Å². The molecule has 0 unspecified atom stereocenters. The Balaban J connectivity index is 1.71. The lowest BCUT2D eigenvalue weighted by Crippen LogP contribution is -2.42. The minimum absolute atomic E-state index is 0.0453. The summed E-state index contributed by atoms with van der Waals surface area (Å²) in [5, 5.41) is 4.21. The number of rotatable bonds is 5. The highest BCUT2D eigenvalue weighted by atomic mass is 32.1. The van der Waals surface area contributed by atoms with Crippen molar-refractivity contribution in [1.82, 2.24) is 9.13 Å². The summed E-state index contributed by atoms with van der Waals surface area (Å²) in [7, 11) is 0. The molecule has 2 heterocycles. The number of benzene rings is 2. The minimum Gasteiger partial charge on any atom is -0.325 e. The van der Waals surface area contributed by atoms with Crippen molar-refractivity contribution in [2.45, 2.75) is 13.1 Å². The highest BCUT2D eigenvalue weighted by Gasteiger charge is 2.17. The lowest BCUT2D eigenvalue weighted by atomic mass is 10.2. The van der Waals surface area contributed by atoms with Crippen LogP contribution in [0, 0.1) is 11.6 Å². The Morgan fingerprint density at radius 2 is 1.73 bits per heavy atom. The summed E-state index contributed by atoms with van der Waals surface area (Å²) in [5.74, 6) is -1.49. The first-order valence-electron chi connectivity index (χ1n) is 8.93. The van der Waals surface area contributed by atoms with E-state index in [0.717, 1.165) is 15.9 Å². The van der Waals surface area contributed by atoms with E-state index in [-0.39, 0.29) is 6.54 Å². The van der Waals surface area contributed by atoms with E-state index in [0.29, 0.717) is 21.5 Å². The van der Waals surface area contributed by atoms with E-state index < -0.39 is 35.3 Å². The van der Waals surface area contributed by atoms with Gasteiger partial charge in [-0.15, -0.1) is 11.3 Å². The molecule has 0 bridgehead atoms. The van der Waals surface area contributed by atoms with Crippen LogP contribution in [0.1, 0.15) is 5.56 Å². The summed E-state index contributed by atoms with van der Waals surface area (Å²) >= 11 is 1.16. The van der Waals surface area contributed by atoms with Crippen molar-refractivity contribution < 1.29 is 13.6 Å². The number of hydrogen-bond donors (Lipinski definition) is 1. The number of halogens is 2. The maximum atomic E-state index is 13.6. The summed E-state index contributed by atoms with van der Waals surface area (Å²) in [6, 6.07) is 12.6. The molecule has 6 nitrogen and oxygen atoms in total. The van der Waals surface area contributed by atoms with Crippen LogP contribution in [-0.2, 0) is 17.9 Å². The smallest absolute Gasteiger partial charge is 0.325 e. The zero-order valence-electron chi connectivity index (χ0n) is 15.5. The Morgan fingerprint density at radius 3 is 2.47 bits per heavy atom. The van der Waals surface area contributed by atoms with Gasteiger partial charge in [-0.3, -0.25) is 14.2 Å². The van der Waals surface area contributed by atoms with Gasteiger partial charge in [0.2, 0.25) is 5.91 Å². The first-order valence-corrected chi connectivity index (χ1v) is 9.81. The lowest BCUT2D eigenvalue weighted by molar-refractivity contribution is -0.116. The summed E-state index contributed by atoms with van der Waals surface area (Å²) in [5.41, 5.74) is 0.0610. The van der Waals surface area contributed by atoms with Gasteiger partial charge >= 0.3 is 5.69 Å². The van der Waals surface area contributed by atoms with Gasteiger partial charge in [0.05, 0.1) is 12.1 Å². The van der Waals surface area contributed by atoms with Crippen LogP contribution in [0.4, 0.5) is 14.5 Å². The number of thiophene rings is 1. The maximum absolute atomic E-state index is 13.6.